The van der Waals surface area contributed by atoms with E-state index in [0.29, 0.717) is 11.7 Å². The summed E-state index contributed by atoms with van der Waals surface area (Å²) in [6.07, 6.45) is 0.359. The lowest BCUT2D eigenvalue weighted by atomic mass is 10.4. The van der Waals surface area contributed by atoms with Crippen LogP contribution in [0.2, 0.25) is 0 Å². The van der Waals surface area contributed by atoms with Gasteiger partial charge in [0.1, 0.15) is 0 Å². The molecule has 1 fully saturated rings. The first-order valence-electron chi connectivity index (χ1n) is 3.33. The van der Waals surface area contributed by atoms with Crippen molar-refractivity contribution in [2.24, 2.45) is 0 Å². The molecule has 1 N–H and O–H groups in total. The fourth-order valence-electron chi connectivity index (χ4n) is 0.495. The molecule has 0 radical (unpaired) electrons. The fourth-order valence-corrected chi connectivity index (χ4v) is 1.35. The monoisotopic (exact) mass is 174 g/mol. The van der Waals surface area contributed by atoms with Gasteiger partial charge in [0.05, 0.1) is 12.7 Å². The van der Waals surface area contributed by atoms with E-state index in [9.17, 15) is 4.79 Å². The van der Waals surface area contributed by atoms with Crippen LogP contribution in [0.15, 0.2) is 11.0 Å². The van der Waals surface area contributed by atoms with Crippen LogP contribution < -0.4 is 0 Å². The predicted molar refractivity (Wildman–Crippen MR) is 43.6 cm³/mol. The lowest BCUT2D eigenvalue weighted by molar-refractivity contribution is -0.132. The van der Waals surface area contributed by atoms with Gasteiger partial charge in [-0.3, -0.25) is 0 Å². The number of hydrogen-bond donors (Lipinski definition) is 1. The van der Waals surface area contributed by atoms with E-state index in [1.54, 1.807) is 12.3 Å². The molecule has 62 valence electrons. The number of carbonyl (C=O) groups is 1. The van der Waals surface area contributed by atoms with Crippen molar-refractivity contribution in [2.45, 2.75) is 13.0 Å². The zero-order valence-corrected chi connectivity index (χ0v) is 7.06. The second-order valence-corrected chi connectivity index (χ2v) is 3.30. The van der Waals surface area contributed by atoms with E-state index in [2.05, 4.69) is 0 Å². The molecular formula is C7H10O3S. The summed E-state index contributed by atoms with van der Waals surface area (Å²) in [4.78, 5) is 10.3. The summed E-state index contributed by atoms with van der Waals surface area (Å²) in [5.41, 5.74) is 0.385. The number of epoxide rings is 1. The molecule has 0 bridgehead atoms. The van der Waals surface area contributed by atoms with Gasteiger partial charge in [-0.05, 0) is 12.3 Å². The molecule has 1 atom stereocenters. The van der Waals surface area contributed by atoms with Crippen molar-refractivity contribution in [3.63, 3.8) is 0 Å². The van der Waals surface area contributed by atoms with Crippen molar-refractivity contribution in [3.8, 4) is 0 Å². The summed E-state index contributed by atoms with van der Waals surface area (Å²) >= 11 is 1.49. The zero-order chi connectivity index (χ0) is 8.27. The van der Waals surface area contributed by atoms with Crippen molar-refractivity contribution in [1.82, 2.24) is 0 Å². The van der Waals surface area contributed by atoms with Crippen molar-refractivity contribution in [1.29, 1.82) is 0 Å². The second kappa shape index (κ2) is 3.78. The van der Waals surface area contributed by atoms with Crippen LogP contribution in [0.5, 0.6) is 0 Å². The molecule has 0 aliphatic carbocycles. The summed E-state index contributed by atoms with van der Waals surface area (Å²) in [6.45, 7) is 2.41. The minimum Gasteiger partial charge on any atom is -0.478 e. The Labute approximate surface area is 69.4 Å². The minimum absolute atomic E-state index is 0.359. The highest BCUT2D eigenvalue weighted by Crippen LogP contribution is 2.17. The molecule has 1 rings (SSSR count). The molecule has 4 heteroatoms. The Hall–Kier alpha value is -0.480. The van der Waals surface area contributed by atoms with Crippen LogP contribution in [0.1, 0.15) is 6.92 Å². The van der Waals surface area contributed by atoms with E-state index < -0.39 is 5.97 Å². The molecule has 0 saturated carbocycles. The standard InChI is InChI=1S/C7H10O3S/c1-5(7(8)9)3-11-4-6-2-10-6/h3,6H,2,4H2,1H3,(H,8,9). The van der Waals surface area contributed by atoms with Gasteiger partial charge >= 0.3 is 5.97 Å². The third kappa shape index (κ3) is 3.43. The van der Waals surface area contributed by atoms with E-state index in [1.807, 2.05) is 0 Å². The zero-order valence-electron chi connectivity index (χ0n) is 6.24. The summed E-state index contributed by atoms with van der Waals surface area (Å²) in [5.74, 6) is 0.0131. The highest BCUT2D eigenvalue weighted by molar-refractivity contribution is 8.02. The normalized spacial score (nSPS) is 23.4. The number of carboxylic acids is 1. The first-order chi connectivity index (χ1) is 5.20. The van der Waals surface area contributed by atoms with E-state index in [1.165, 1.54) is 11.8 Å². The molecule has 0 aromatic carbocycles. The highest BCUT2D eigenvalue weighted by atomic mass is 32.2. The average molecular weight is 174 g/mol. The molecule has 1 saturated heterocycles. The van der Waals surface area contributed by atoms with Gasteiger partial charge in [0.15, 0.2) is 0 Å². The highest BCUT2D eigenvalue weighted by Gasteiger charge is 2.21. The first kappa shape index (κ1) is 8.62. The van der Waals surface area contributed by atoms with Gasteiger partial charge in [-0.1, -0.05) is 0 Å². The van der Waals surface area contributed by atoms with E-state index >= 15 is 0 Å². The molecule has 3 nitrogen and oxygen atoms in total. The SMILES string of the molecule is CC(=CSCC1CO1)C(=O)O. The second-order valence-electron chi connectivity index (χ2n) is 2.39. The quantitative estimate of drug-likeness (QED) is 0.512. The Kier molecular flexibility index (Phi) is 2.96. The van der Waals surface area contributed by atoms with Crippen molar-refractivity contribution < 1.29 is 14.6 Å². The van der Waals surface area contributed by atoms with Gasteiger partial charge in [-0.2, -0.15) is 0 Å². The van der Waals surface area contributed by atoms with Crippen LogP contribution in [0, 0.1) is 0 Å². The third-order valence-corrected chi connectivity index (χ3v) is 2.37. The van der Waals surface area contributed by atoms with Crippen LogP contribution in [0.25, 0.3) is 0 Å². The Morgan fingerprint density at radius 2 is 2.55 bits per heavy atom. The lowest BCUT2D eigenvalue weighted by Gasteiger charge is -1.91. The van der Waals surface area contributed by atoms with Gasteiger partial charge in [0.2, 0.25) is 0 Å². The molecule has 0 spiro atoms. The number of hydrogen-bond acceptors (Lipinski definition) is 3. The number of ether oxygens (including phenoxy) is 1. The maximum Gasteiger partial charge on any atom is 0.331 e. The van der Waals surface area contributed by atoms with Crippen molar-refractivity contribution in [3.05, 3.63) is 11.0 Å². The Morgan fingerprint density at radius 1 is 1.91 bits per heavy atom. The van der Waals surface area contributed by atoms with Gasteiger partial charge in [0, 0.05) is 11.3 Å². The van der Waals surface area contributed by atoms with Gasteiger partial charge < -0.3 is 9.84 Å². The Balaban J connectivity index is 2.15. The van der Waals surface area contributed by atoms with Crippen LogP contribution in [-0.4, -0.2) is 29.5 Å². The van der Waals surface area contributed by atoms with Crippen LogP contribution in [0.4, 0.5) is 0 Å². The predicted octanol–water partition coefficient (Wildman–Crippen LogP) is 1.11. The maximum absolute atomic E-state index is 10.3. The van der Waals surface area contributed by atoms with Gasteiger partial charge in [-0.25, -0.2) is 4.79 Å². The van der Waals surface area contributed by atoms with E-state index in [0.717, 1.165) is 12.4 Å². The Bertz CT molecular complexity index is 184. The van der Waals surface area contributed by atoms with Crippen molar-refractivity contribution in [2.75, 3.05) is 12.4 Å². The molecular weight excluding hydrogens is 164 g/mol. The number of carboxylic acid groups (broad SMARTS) is 1. The average Bonchev–Trinajstić information content (AvgIpc) is 2.71. The molecule has 0 aromatic rings. The molecule has 1 heterocycles. The lowest BCUT2D eigenvalue weighted by Crippen LogP contribution is -1.95. The number of aliphatic carboxylic acids is 1. The summed E-state index contributed by atoms with van der Waals surface area (Å²) in [5, 5.41) is 10.1. The topological polar surface area (TPSA) is 49.8 Å². The number of thioether (sulfide) groups is 1. The molecule has 1 aliphatic heterocycles. The fraction of sp³-hybridized carbons (Fsp3) is 0.571. The van der Waals surface area contributed by atoms with Crippen molar-refractivity contribution >= 4 is 17.7 Å². The van der Waals surface area contributed by atoms with Crippen LogP contribution in [-0.2, 0) is 9.53 Å². The molecule has 11 heavy (non-hydrogen) atoms. The molecule has 1 aliphatic rings. The molecule has 1 unspecified atom stereocenters. The van der Waals surface area contributed by atoms with Gasteiger partial charge in [0.25, 0.3) is 0 Å². The number of rotatable bonds is 4. The smallest absolute Gasteiger partial charge is 0.331 e. The summed E-state index contributed by atoms with van der Waals surface area (Å²) < 4.78 is 4.95. The minimum atomic E-state index is -0.853. The molecule has 0 amide bonds. The first-order valence-corrected chi connectivity index (χ1v) is 4.38. The molecule has 0 aromatic heterocycles. The summed E-state index contributed by atoms with van der Waals surface area (Å²) in [7, 11) is 0. The van der Waals surface area contributed by atoms with Gasteiger partial charge in [-0.15, -0.1) is 11.8 Å². The largest absolute Gasteiger partial charge is 0.478 e. The third-order valence-electron chi connectivity index (χ3n) is 1.28. The van der Waals surface area contributed by atoms with E-state index in [4.69, 9.17) is 9.84 Å². The van der Waals surface area contributed by atoms with Crippen LogP contribution >= 0.6 is 11.8 Å². The Morgan fingerprint density at radius 3 is 3.00 bits per heavy atom. The summed E-state index contributed by atoms with van der Waals surface area (Å²) in [6, 6.07) is 0. The maximum atomic E-state index is 10.3. The van der Waals surface area contributed by atoms with Crippen LogP contribution in [0.3, 0.4) is 0 Å². The van der Waals surface area contributed by atoms with E-state index in [-0.39, 0.29) is 0 Å².